The van der Waals surface area contributed by atoms with Crippen LogP contribution in [0.25, 0.3) is 0 Å². The molecular weight excluding hydrogens is 264 g/mol. The lowest BCUT2D eigenvalue weighted by atomic mass is 10.0. The number of hydrogen-bond donors (Lipinski definition) is 1. The molecule has 0 bridgehead atoms. The summed E-state index contributed by atoms with van der Waals surface area (Å²) in [5.74, 6) is 0.892. The minimum Gasteiger partial charge on any atom is -0.362 e. The first kappa shape index (κ1) is 16.0. The molecule has 0 saturated heterocycles. The average Bonchev–Trinajstić information content (AvgIpc) is 2.28. The lowest BCUT2D eigenvalue weighted by Gasteiger charge is -2.05. The van der Waals surface area contributed by atoms with Crippen LogP contribution in [0, 0.1) is 5.92 Å². The van der Waals surface area contributed by atoms with E-state index in [2.05, 4.69) is 18.0 Å². The summed E-state index contributed by atoms with van der Waals surface area (Å²) in [6.07, 6.45) is 5.83. The molecular formula is C14H22O4S. The van der Waals surface area contributed by atoms with E-state index >= 15 is 0 Å². The molecule has 1 rings (SSSR count). The Hall–Kier alpha value is -1.07. The Labute approximate surface area is 115 Å². The highest BCUT2D eigenvalue weighted by atomic mass is 32.3. The Morgan fingerprint density at radius 1 is 1.11 bits per heavy atom. The largest absolute Gasteiger partial charge is 0.446 e. The predicted octanol–water partition coefficient (Wildman–Crippen LogP) is 3.63. The third-order valence-corrected chi connectivity index (χ3v) is 3.27. The maximum atomic E-state index is 10.5. The van der Waals surface area contributed by atoms with Gasteiger partial charge in [0.2, 0.25) is 0 Å². The van der Waals surface area contributed by atoms with Crippen LogP contribution in [0.1, 0.15) is 45.1 Å². The Morgan fingerprint density at radius 3 is 2.26 bits per heavy atom. The van der Waals surface area contributed by atoms with Gasteiger partial charge in [-0.15, -0.1) is 0 Å². The number of rotatable bonds is 8. The van der Waals surface area contributed by atoms with Gasteiger partial charge < -0.3 is 4.18 Å². The van der Waals surface area contributed by atoms with Crippen molar-refractivity contribution < 1.29 is 17.2 Å². The zero-order chi connectivity index (χ0) is 14.3. The van der Waals surface area contributed by atoms with Gasteiger partial charge in [-0.1, -0.05) is 45.2 Å². The van der Waals surface area contributed by atoms with Crippen molar-refractivity contribution in [3.05, 3.63) is 29.8 Å². The van der Waals surface area contributed by atoms with Crippen LogP contribution in [0.4, 0.5) is 0 Å². The second-order valence-electron chi connectivity index (χ2n) is 5.15. The smallest absolute Gasteiger partial charge is 0.362 e. The molecule has 1 N–H and O–H groups in total. The molecule has 0 spiro atoms. The summed E-state index contributed by atoms with van der Waals surface area (Å²) >= 11 is 0. The van der Waals surface area contributed by atoms with Crippen LogP contribution in [0.3, 0.4) is 0 Å². The SMILES string of the molecule is CC(C)CCCCCc1ccc(OS(=O)(=O)O)cc1. The third-order valence-electron chi connectivity index (χ3n) is 2.87. The van der Waals surface area contributed by atoms with Crippen LogP contribution in [0.15, 0.2) is 24.3 Å². The maximum absolute atomic E-state index is 10.5. The molecule has 19 heavy (non-hydrogen) atoms. The summed E-state index contributed by atoms with van der Waals surface area (Å²) < 4.78 is 33.9. The molecule has 0 heterocycles. The number of unbranched alkanes of at least 4 members (excludes halogenated alkanes) is 2. The quantitative estimate of drug-likeness (QED) is 0.585. The summed E-state index contributed by atoms with van der Waals surface area (Å²) in [4.78, 5) is 0. The van der Waals surface area contributed by atoms with E-state index in [1.807, 2.05) is 12.1 Å². The van der Waals surface area contributed by atoms with Gasteiger partial charge in [-0.2, -0.15) is 8.42 Å². The van der Waals surface area contributed by atoms with Crippen LogP contribution in [-0.2, 0) is 16.8 Å². The van der Waals surface area contributed by atoms with Gasteiger partial charge in [0.05, 0.1) is 0 Å². The summed E-state index contributed by atoms with van der Waals surface area (Å²) in [6, 6.07) is 6.75. The molecule has 108 valence electrons. The van der Waals surface area contributed by atoms with Crippen molar-refractivity contribution in [2.24, 2.45) is 5.92 Å². The van der Waals surface area contributed by atoms with Crippen molar-refractivity contribution in [3.63, 3.8) is 0 Å². The molecule has 0 unspecified atom stereocenters. The zero-order valence-corrected chi connectivity index (χ0v) is 12.3. The van der Waals surface area contributed by atoms with Crippen molar-refractivity contribution in [1.82, 2.24) is 0 Å². The van der Waals surface area contributed by atoms with Crippen molar-refractivity contribution in [2.75, 3.05) is 0 Å². The highest BCUT2D eigenvalue weighted by molar-refractivity contribution is 7.81. The number of aryl methyl sites for hydroxylation is 1. The highest BCUT2D eigenvalue weighted by Gasteiger charge is 2.06. The molecule has 0 amide bonds. The van der Waals surface area contributed by atoms with E-state index in [-0.39, 0.29) is 5.75 Å². The minimum absolute atomic E-state index is 0.131. The highest BCUT2D eigenvalue weighted by Crippen LogP contribution is 2.16. The Morgan fingerprint density at radius 2 is 1.74 bits per heavy atom. The first-order chi connectivity index (χ1) is 8.87. The van der Waals surface area contributed by atoms with E-state index in [9.17, 15) is 8.42 Å². The topological polar surface area (TPSA) is 63.6 Å². The fraction of sp³-hybridized carbons (Fsp3) is 0.571. The fourth-order valence-corrected chi connectivity index (χ4v) is 2.25. The van der Waals surface area contributed by atoms with E-state index in [0.29, 0.717) is 0 Å². The molecule has 0 aromatic heterocycles. The fourth-order valence-electron chi connectivity index (χ4n) is 1.89. The minimum atomic E-state index is -4.42. The molecule has 0 atom stereocenters. The van der Waals surface area contributed by atoms with Crippen LogP contribution in [0.2, 0.25) is 0 Å². The van der Waals surface area contributed by atoms with Crippen molar-refractivity contribution in [3.8, 4) is 5.75 Å². The predicted molar refractivity (Wildman–Crippen MR) is 75.6 cm³/mol. The summed E-state index contributed by atoms with van der Waals surface area (Å²) in [5, 5.41) is 0. The molecule has 0 radical (unpaired) electrons. The lowest BCUT2D eigenvalue weighted by Crippen LogP contribution is -2.06. The summed E-state index contributed by atoms with van der Waals surface area (Å²) in [5.41, 5.74) is 1.15. The van der Waals surface area contributed by atoms with E-state index in [1.54, 1.807) is 12.1 Å². The van der Waals surface area contributed by atoms with Gasteiger partial charge >= 0.3 is 10.4 Å². The van der Waals surface area contributed by atoms with Crippen molar-refractivity contribution in [1.29, 1.82) is 0 Å². The molecule has 0 aliphatic heterocycles. The standard InChI is InChI=1S/C14H22O4S/c1-12(2)6-4-3-5-7-13-8-10-14(11-9-13)18-19(15,16)17/h8-12H,3-7H2,1-2H3,(H,15,16,17). The number of benzene rings is 1. The van der Waals surface area contributed by atoms with Crippen LogP contribution >= 0.6 is 0 Å². The molecule has 4 nitrogen and oxygen atoms in total. The van der Waals surface area contributed by atoms with Gasteiger partial charge in [0, 0.05) is 0 Å². The van der Waals surface area contributed by atoms with Crippen molar-refractivity contribution >= 4 is 10.4 Å². The molecule has 0 aliphatic carbocycles. The van der Waals surface area contributed by atoms with Gasteiger partial charge in [0.1, 0.15) is 5.75 Å². The third kappa shape index (κ3) is 7.85. The van der Waals surface area contributed by atoms with Crippen molar-refractivity contribution in [2.45, 2.75) is 46.0 Å². The van der Waals surface area contributed by atoms with Gasteiger partial charge in [-0.25, -0.2) is 0 Å². The maximum Gasteiger partial charge on any atom is 0.446 e. The number of hydrogen-bond acceptors (Lipinski definition) is 3. The van der Waals surface area contributed by atoms with Gasteiger partial charge in [-0.3, -0.25) is 4.55 Å². The van der Waals surface area contributed by atoms with E-state index in [1.165, 1.54) is 19.3 Å². The van der Waals surface area contributed by atoms with Gasteiger partial charge in [-0.05, 0) is 36.5 Å². The van der Waals surface area contributed by atoms with Gasteiger partial charge in [0.15, 0.2) is 0 Å². The lowest BCUT2D eigenvalue weighted by molar-refractivity contribution is 0.386. The molecule has 1 aromatic carbocycles. The Bertz CT molecular complexity index is 463. The zero-order valence-electron chi connectivity index (χ0n) is 11.5. The Balaban J connectivity index is 2.32. The summed E-state index contributed by atoms with van der Waals surface area (Å²) in [7, 11) is -4.42. The van der Waals surface area contributed by atoms with E-state index in [4.69, 9.17) is 4.55 Å². The van der Waals surface area contributed by atoms with Crippen LogP contribution in [0.5, 0.6) is 5.75 Å². The first-order valence-electron chi connectivity index (χ1n) is 6.62. The first-order valence-corrected chi connectivity index (χ1v) is 7.99. The molecule has 0 fully saturated rings. The monoisotopic (exact) mass is 286 g/mol. The summed E-state index contributed by atoms with van der Waals surface area (Å²) in [6.45, 7) is 4.46. The normalized spacial score (nSPS) is 11.8. The Kier molecular flexibility index (Phi) is 6.31. The van der Waals surface area contributed by atoms with E-state index in [0.717, 1.165) is 24.3 Å². The van der Waals surface area contributed by atoms with Crippen LogP contribution < -0.4 is 4.18 Å². The molecule has 0 aliphatic rings. The second-order valence-corrected chi connectivity index (χ2v) is 6.17. The molecule has 1 aromatic rings. The van der Waals surface area contributed by atoms with Crippen LogP contribution in [-0.4, -0.2) is 13.0 Å². The molecule has 5 heteroatoms. The van der Waals surface area contributed by atoms with Gasteiger partial charge in [0.25, 0.3) is 0 Å². The van der Waals surface area contributed by atoms with E-state index < -0.39 is 10.4 Å². The average molecular weight is 286 g/mol. The second kappa shape index (κ2) is 7.50. The molecule has 0 saturated carbocycles.